The van der Waals surface area contributed by atoms with Crippen molar-refractivity contribution in [3.05, 3.63) is 48.0 Å². The number of rotatable bonds is 13. The number of ether oxygens (including phenoxy) is 1. The molecule has 1 heterocycles. The second-order valence-electron chi connectivity index (χ2n) is 9.40. The third-order valence-corrected chi connectivity index (χ3v) is 7.42. The predicted molar refractivity (Wildman–Crippen MR) is 148 cm³/mol. The van der Waals surface area contributed by atoms with Crippen LogP contribution in [0.1, 0.15) is 24.8 Å². The Kier molecular flexibility index (Phi) is 11.2. The molecular weight excluding hydrogens is 490 g/mol. The topological polar surface area (TPSA) is 131 Å². The lowest BCUT2D eigenvalue weighted by Gasteiger charge is -2.32. The maximum atomic E-state index is 13.2. The Labute approximate surface area is 223 Å². The van der Waals surface area contributed by atoms with E-state index in [4.69, 9.17) is 16.2 Å². The minimum absolute atomic E-state index is 0.0687. The second-order valence-corrected chi connectivity index (χ2v) is 10.4. The number of carbonyl (C=O) groups is 3. The van der Waals surface area contributed by atoms with Crippen LogP contribution in [0.5, 0.6) is 0 Å². The van der Waals surface area contributed by atoms with Gasteiger partial charge in [0.25, 0.3) is 0 Å². The van der Waals surface area contributed by atoms with Crippen LogP contribution in [0, 0.1) is 0 Å². The van der Waals surface area contributed by atoms with Crippen molar-refractivity contribution in [2.45, 2.75) is 43.9 Å². The third-order valence-electron chi connectivity index (χ3n) is 6.77. The number of nitrogens with one attached hydrogen (secondary N) is 1. The van der Waals surface area contributed by atoms with Crippen molar-refractivity contribution in [3.8, 4) is 0 Å². The number of nitrogens with zero attached hydrogens (tertiary/aromatic N) is 2. The van der Waals surface area contributed by atoms with E-state index in [0.29, 0.717) is 26.1 Å². The Morgan fingerprint density at radius 3 is 2.70 bits per heavy atom. The van der Waals surface area contributed by atoms with Crippen LogP contribution in [0.2, 0.25) is 0 Å². The number of likely N-dealkylation sites (tertiary alicyclic amines) is 1. The molecule has 2 aromatic carbocycles. The summed E-state index contributed by atoms with van der Waals surface area (Å²) in [6, 6.07) is 12.8. The number of fused-ring (bicyclic) bond motifs is 1. The molecule has 0 aliphatic carbocycles. The fourth-order valence-electron chi connectivity index (χ4n) is 4.85. The van der Waals surface area contributed by atoms with E-state index >= 15 is 0 Å². The molecule has 2 aromatic rings. The van der Waals surface area contributed by atoms with Crippen molar-refractivity contribution in [1.82, 2.24) is 15.1 Å². The fourth-order valence-corrected chi connectivity index (χ4v) is 5.33. The van der Waals surface area contributed by atoms with Crippen molar-refractivity contribution >= 4 is 40.3 Å². The lowest BCUT2D eigenvalue weighted by Crippen LogP contribution is -2.53. The van der Waals surface area contributed by atoms with Gasteiger partial charge in [-0.1, -0.05) is 42.5 Å². The maximum Gasteiger partial charge on any atom is 0.328 e. The average molecular weight is 530 g/mol. The Hall–Kier alpha value is -2.66. The van der Waals surface area contributed by atoms with Gasteiger partial charge in [-0.2, -0.15) is 11.8 Å². The number of methoxy groups -OCH3 is 1. The van der Waals surface area contributed by atoms with Crippen molar-refractivity contribution < 1.29 is 19.1 Å². The van der Waals surface area contributed by atoms with Gasteiger partial charge in [0.1, 0.15) is 6.04 Å². The Bertz CT molecular complexity index is 1060. The fraction of sp³-hybridized carbons (Fsp3) is 0.519. The number of esters is 1. The highest BCUT2D eigenvalue weighted by Gasteiger charge is 2.33. The van der Waals surface area contributed by atoms with Gasteiger partial charge in [0, 0.05) is 32.2 Å². The summed E-state index contributed by atoms with van der Waals surface area (Å²) in [4.78, 5) is 42.1. The molecule has 9 nitrogen and oxygen atoms in total. The van der Waals surface area contributed by atoms with Crippen LogP contribution >= 0.6 is 11.8 Å². The Balaban J connectivity index is 1.81. The van der Waals surface area contributed by atoms with Gasteiger partial charge in [-0.15, -0.1) is 0 Å². The molecule has 202 valence electrons. The summed E-state index contributed by atoms with van der Waals surface area (Å²) in [7, 11) is 1.32. The standard InChI is InChI=1S/C27H39N5O4S/c1-36-27(35)24(12-14-37-2)30-25(33)18-31(16-20-9-5-8-19-7-3-4-11-22(19)20)17-21-10-6-13-32(21)26(34)23(29)15-28/h3-5,7-9,11,21,23-24H,6,10,12-18,28-29H2,1-2H3,(H,30,33)/t21-,23-,24-/m0/s1. The molecule has 0 aromatic heterocycles. The van der Waals surface area contributed by atoms with Crippen LogP contribution < -0.4 is 16.8 Å². The number of nitrogens with two attached hydrogens (primary N) is 2. The summed E-state index contributed by atoms with van der Waals surface area (Å²) in [5.74, 6) is -0.139. The number of hydrogen-bond acceptors (Lipinski definition) is 8. The van der Waals surface area contributed by atoms with Gasteiger partial charge in [-0.3, -0.25) is 14.5 Å². The first-order valence-electron chi connectivity index (χ1n) is 12.7. The van der Waals surface area contributed by atoms with Crippen molar-refractivity contribution in [2.75, 3.05) is 45.3 Å². The quantitative estimate of drug-likeness (QED) is 0.331. The molecule has 10 heteroatoms. The maximum absolute atomic E-state index is 13.2. The average Bonchev–Trinajstić information content (AvgIpc) is 3.37. The van der Waals surface area contributed by atoms with E-state index in [1.165, 1.54) is 7.11 Å². The molecule has 1 aliphatic heterocycles. The van der Waals surface area contributed by atoms with E-state index in [9.17, 15) is 14.4 Å². The zero-order chi connectivity index (χ0) is 26.8. The molecule has 0 unspecified atom stereocenters. The molecule has 1 fully saturated rings. The van der Waals surface area contributed by atoms with Gasteiger partial charge < -0.3 is 26.4 Å². The molecule has 3 rings (SSSR count). The summed E-state index contributed by atoms with van der Waals surface area (Å²) in [5, 5.41) is 5.10. The first-order chi connectivity index (χ1) is 17.9. The molecule has 0 radical (unpaired) electrons. The van der Waals surface area contributed by atoms with E-state index < -0.39 is 18.1 Å². The SMILES string of the molecule is COC(=O)[C@H](CCSC)NC(=O)CN(Cc1cccc2ccccc12)C[C@@H]1CCCN1C(=O)[C@@H](N)CN. The lowest BCUT2D eigenvalue weighted by atomic mass is 10.0. The monoisotopic (exact) mass is 529 g/mol. The molecule has 1 aliphatic rings. The highest BCUT2D eigenvalue weighted by atomic mass is 32.2. The van der Waals surface area contributed by atoms with Gasteiger partial charge in [-0.05, 0) is 47.6 Å². The molecule has 0 bridgehead atoms. The summed E-state index contributed by atoms with van der Waals surface area (Å²) in [5.41, 5.74) is 12.7. The number of thioether (sulfide) groups is 1. The molecule has 0 saturated carbocycles. The van der Waals surface area contributed by atoms with Crippen LogP contribution in [0.4, 0.5) is 0 Å². The van der Waals surface area contributed by atoms with Crippen LogP contribution in [0.3, 0.4) is 0 Å². The van der Waals surface area contributed by atoms with Crippen LogP contribution in [-0.4, -0.2) is 91.0 Å². The summed E-state index contributed by atoms with van der Waals surface area (Å²) >= 11 is 1.60. The van der Waals surface area contributed by atoms with Crippen molar-refractivity contribution in [3.63, 3.8) is 0 Å². The molecule has 37 heavy (non-hydrogen) atoms. The number of hydrogen-bond donors (Lipinski definition) is 3. The van der Waals surface area contributed by atoms with Gasteiger partial charge in [0.2, 0.25) is 11.8 Å². The number of amides is 2. The zero-order valence-corrected chi connectivity index (χ0v) is 22.5. The molecule has 1 saturated heterocycles. The van der Waals surface area contributed by atoms with E-state index in [1.54, 1.807) is 16.7 Å². The van der Waals surface area contributed by atoms with E-state index in [0.717, 1.165) is 34.9 Å². The van der Waals surface area contributed by atoms with Crippen LogP contribution in [-0.2, 0) is 25.7 Å². The van der Waals surface area contributed by atoms with E-state index in [-0.39, 0.29) is 30.9 Å². The molecular formula is C27H39N5O4S. The van der Waals surface area contributed by atoms with Crippen molar-refractivity contribution in [1.29, 1.82) is 0 Å². The smallest absolute Gasteiger partial charge is 0.328 e. The number of benzene rings is 2. The van der Waals surface area contributed by atoms with Gasteiger partial charge in [-0.25, -0.2) is 4.79 Å². The Morgan fingerprint density at radius 1 is 1.22 bits per heavy atom. The van der Waals surface area contributed by atoms with E-state index in [2.05, 4.69) is 29.6 Å². The van der Waals surface area contributed by atoms with E-state index in [1.807, 2.05) is 29.4 Å². The van der Waals surface area contributed by atoms with Crippen LogP contribution in [0.15, 0.2) is 42.5 Å². The normalized spacial score (nSPS) is 17.1. The molecule has 0 spiro atoms. The largest absolute Gasteiger partial charge is 0.467 e. The highest BCUT2D eigenvalue weighted by molar-refractivity contribution is 7.98. The summed E-state index contributed by atoms with van der Waals surface area (Å²) < 4.78 is 4.90. The lowest BCUT2D eigenvalue weighted by molar-refractivity contribution is -0.145. The van der Waals surface area contributed by atoms with Crippen LogP contribution in [0.25, 0.3) is 10.8 Å². The molecule has 5 N–H and O–H groups in total. The highest BCUT2D eigenvalue weighted by Crippen LogP contribution is 2.23. The van der Waals surface area contributed by atoms with Gasteiger partial charge >= 0.3 is 5.97 Å². The second kappa shape index (κ2) is 14.3. The molecule has 3 atom stereocenters. The third kappa shape index (κ3) is 7.91. The Morgan fingerprint density at radius 2 is 1.97 bits per heavy atom. The zero-order valence-electron chi connectivity index (χ0n) is 21.7. The molecule has 2 amide bonds. The summed E-state index contributed by atoms with van der Waals surface area (Å²) in [6.07, 6.45) is 4.15. The minimum atomic E-state index is -0.729. The van der Waals surface area contributed by atoms with Gasteiger partial charge in [0.15, 0.2) is 0 Å². The van der Waals surface area contributed by atoms with Gasteiger partial charge in [0.05, 0.1) is 19.7 Å². The number of carbonyl (C=O) groups excluding carboxylic acids is 3. The first kappa shape index (κ1) is 28.9. The minimum Gasteiger partial charge on any atom is -0.467 e. The summed E-state index contributed by atoms with van der Waals surface area (Å²) in [6.45, 7) is 1.83. The first-order valence-corrected chi connectivity index (χ1v) is 14.1. The van der Waals surface area contributed by atoms with Crippen molar-refractivity contribution in [2.24, 2.45) is 11.5 Å². The predicted octanol–water partition coefficient (Wildman–Crippen LogP) is 1.33.